The standard InChI is InChI=1S/C7H7NO4.C2H6/c9-6(10)4-1-2-5(7(11)12)8-3-4;1-2/h1-2,8H,3H2,(H,9,10)(H,11,12);1-2H3. The summed E-state index contributed by atoms with van der Waals surface area (Å²) in [5, 5.41) is 19.4. The van der Waals surface area contributed by atoms with Gasteiger partial charge in [-0.15, -0.1) is 0 Å². The molecule has 1 heterocycles. The van der Waals surface area contributed by atoms with Crippen LogP contribution >= 0.6 is 0 Å². The topological polar surface area (TPSA) is 86.6 Å². The molecule has 0 aromatic rings. The van der Waals surface area contributed by atoms with E-state index in [9.17, 15) is 9.59 Å². The molecule has 5 heteroatoms. The molecule has 1 rings (SSSR count). The van der Waals surface area contributed by atoms with E-state index in [4.69, 9.17) is 10.2 Å². The maximum absolute atomic E-state index is 10.3. The van der Waals surface area contributed by atoms with Gasteiger partial charge in [-0.25, -0.2) is 9.59 Å². The Kier molecular flexibility index (Phi) is 5.06. The molecule has 0 bridgehead atoms. The van der Waals surface area contributed by atoms with Crippen molar-refractivity contribution in [2.24, 2.45) is 0 Å². The van der Waals surface area contributed by atoms with Crippen molar-refractivity contribution in [3.05, 3.63) is 23.4 Å². The lowest BCUT2D eigenvalue weighted by atomic mass is 10.2. The van der Waals surface area contributed by atoms with Crippen LogP contribution < -0.4 is 5.32 Å². The molecule has 0 spiro atoms. The van der Waals surface area contributed by atoms with Gasteiger partial charge in [-0.1, -0.05) is 13.8 Å². The number of hydrogen-bond acceptors (Lipinski definition) is 3. The van der Waals surface area contributed by atoms with Gasteiger partial charge >= 0.3 is 11.9 Å². The Bertz CT molecular complexity index is 261. The molecular weight excluding hydrogens is 186 g/mol. The summed E-state index contributed by atoms with van der Waals surface area (Å²) in [6.07, 6.45) is 2.51. The molecule has 0 atom stereocenters. The van der Waals surface area contributed by atoms with Crippen molar-refractivity contribution in [1.82, 2.24) is 5.32 Å². The van der Waals surface area contributed by atoms with Gasteiger partial charge in [0.1, 0.15) is 5.70 Å². The molecule has 0 amide bonds. The summed E-state index contributed by atoms with van der Waals surface area (Å²) in [6, 6.07) is 0. The normalized spacial score (nSPS) is 13.9. The average Bonchev–Trinajstić information content (AvgIpc) is 2.21. The lowest BCUT2D eigenvalue weighted by molar-refractivity contribution is -0.134. The Labute approximate surface area is 81.7 Å². The zero-order chi connectivity index (χ0) is 11.1. The second-order valence-electron chi connectivity index (χ2n) is 2.24. The number of allylic oxidation sites excluding steroid dienone is 2. The predicted molar refractivity (Wildman–Crippen MR) is 50.8 cm³/mol. The number of aliphatic carboxylic acids is 2. The summed E-state index contributed by atoms with van der Waals surface area (Å²) in [5.74, 6) is -2.13. The first-order valence-electron chi connectivity index (χ1n) is 4.22. The molecule has 78 valence electrons. The first-order chi connectivity index (χ1) is 6.61. The van der Waals surface area contributed by atoms with Gasteiger partial charge in [-0.05, 0) is 12.2 Å². The van der Waals surface area contributed by atoms with Crippen LogP contribution in [0.4, 0.5) is 0 Å². The fourth-order valence-corrected chi connectivity index (χ4v) is 0.786. The van der Waals surface area contributed by atoms with Gasteiger partial charge in [-0.2, -0.15) is 0 Å². The van der Waals surface area contributed by atoms with Crippen molar-refractivity contribution in [2.45, 2.75) is 13.8 Å². The van der Waals surface area contributed by atoms with Crippen LogP contribution in [0.15, 0.2) is 23.4 Å². The van der Waals surface area contributed by atoms with Gasteiger partial charge in [0, 0.05) is 6.54 Å². The van der Waals surface area contributed by atoms with Gasteiger partial charge in [0.25, 0.3) is 0 Å². The number of rotatable bonds is 2. The summed E-state index contributed by atoms with van der Waals surface area (Å²) in [4.78, 5) is 20.7. The van der Waals surface area contributed by atoms with Crippen molar-refractivity contribution in [2.75, 3.05) is 6.54 Å². The molecule has 0 saturated heterocycles. The molecule has 3 N–H and O–H groups in total. The maximum atomic E-state index is 10.3. The summed E-state index contributed by atoms with van der Waals surface area (Å²) in [7, 11) is 0. The van der Waals surface area contributed by atoms with Crippen LogP contribution in [0.5, 0.6) is 0 Å². The highest BCUT2D eigenvalue weighted by Crippen LogP contribution is 2.03. The van der Waals surface area contributed by atoms with E-state index in [1.165, 1.54) is 12.2 Å². The molecule has 0 aliphatic carbocycles. The minimum atomic E-state index is -1.09. The second kappa shape index (κ2) is 5.80. The highest BCUT2D eigenvalue weighted by Gasteiger charge is 2.14. The monoisotopic (exact) mass is 199 g/mol. The molecule has 14 heavy (non-hydrogen) atoms. The van der Waals surface area contributed by atoms with E-state index in [1.54, 1.807) is 0 Å². The first kappa shape index (κ1) is 12.2. The third-order valence-corrected chi connectivity index (χ3v) is 1.43. The number of dihydropyridines is 1. The van der Waals surface area contributed by atoms with Crippen molar-refractivity contribution in [3.63, 3.8) is 0 Å². The van der Waals surface area contributed by atoms with Gasteiger partial charge < -0.3 is 15.5 Å². The van der Waals surface area contributed by atoms with Gasteiger partial charge in [-0.3, -0.25) is 0 Å². The van der Waals surface area contributed by atoms with Crippen molar-refractivity contribution in [3.8, 4) is 0 Å². The minimum Gasteiger partial charge on any atom is -0.478 e. The quantitative estimate of drug-likeness (QED) is 0.606. The van der Waals surface area contributed by atoms with Crippen LogP contribution in [0.25, 0.3) is 0 Å². The lowest BCUT2D eigenvalue weighted by Gasteiger charge is -2.10. The molecular formula is C9H13NO4. The van der Waals surface area contributed by atoms with E-state index < -0.39 is 11.9 Å². The first-order valence-corrected chi connectivity index (χ1v) is 4.22. The van der Waals surface area contributed by atoms with Crippen LogP contribution in [-0.2, 0) is 9.59 Å². The Morgan fingerprint density at radius 3 is 2.07 bits per heavy atom. The second-order valence-corrected chi connectivity index (χ2v) is 2.24. The van der Waals surface area contributed by atoms with E-state index in [-0.39, 0.29) is 17.8 Å². The molecule has 0 radical (unpaired) electrons. The van der Waals surface area contributed by atoms with Crippen LogP contribution in [0.3, 0.4) is 0 Å². The third-order valence-electron chi connectivity index (χ3n) is 1.43. The highest BCUT2D eigenvalue weighted by molar-refractivity contribution is 5.91. The summed E-state index contributed by atoms with van der Waals surface area (Å²) < 4.78 is 0. The number of hydrogen-bond donors (Lipinski definition) is 3. The van der Waals surface area contributed by atoms with E-state index in [0.29, 0.717) is 0 Å². The van der Waals surface area contributed by atoms with Gasteiger partial charge in [0.15, 0.2) is 0 Å². The van der Waals surface area contributed by atoms with Crippen LogP contribution in [0.1, 0.15) is 13.8 Å². The fraction of sp³-hybridized carbons (Fsp3) is 0.333. The Morgan fingerprint density at radius 2 is 1.79 bits per heavy atom. The van der Waals surface area contributed by atoms with E-state index in [2.05, 4.69) is 5.32 Å². The van der Waals surface area contributed by atoms with Gasteiger partial charge in [0.05, 0.1) is 5.57 Å². The van der Waals surface area contributed by atoms with Crippen LogP contribution in [0.2, 0.25) is 0 Å². The molecule has 0 aromatic heterocycles. The molecule has 1 aliphatic heterocycles. The molecule has 0 fully saturated rings. The van der Waals surface area contributed by atoms with E-state index in [1.807, 2.05) is 13.8 Å². The molecule has 0 aromatic carbocycles. The Morgan fingerprint density at radius 1 is 1.21 bits per heavy atom. The van der Waals surface area contributed by atoms with E-state index >= 15 is 0 Å². The predicted octanol–water partition coefficient (Wildman–Crippen LogP) is 0.595. The van der Waals surface area contributed by atoms with Crippen molar-refractivity contribution < 1.29 is 19.8 Å². The summed E-state index contributed by atoms with van der Waals surface area (Å²) in [5.41, 5.74) is 0.167. The van der Waals surface area contributed by atoms with Crippen molar-refractivity contribution >= 4 is 11.9 Å². The Balaban J connectivity index is 0.000000791. The van der Waals surface area contributed by atoms with Crippen LogP contribution in [0, 0.1) is 0 Å². The molecule has 5 nitrogen and oxygen atoms in total. The van der Waals surface area contributed by atoms with E-state index in [0.717, 1.165) is 0 Å². The zero-order valence-electron chi connectivity index (χ0n) is 8.07. The number of nitrogens with one attached hydrogen (secondary N) is 1. The van der Waals surface area contributed by atoms with Crippen LogP contribution in [-0.4, -0.2) is 28.7 Å². The van der Waals surface area contributed by atoms with Crippen molar-refractivity contribution in [1.29, 1.82) is 0 Å². The zero-order valence-corrected chi connectivity index (χ0v) is 8.07. The third kappa shape index (κ3) is 3.30. The lowest BCUT2D eigenvalue weighted by Crippen LogP contribution is -2.27. The summed E-state index contributed by atoms with van der Waals surface area (Å²) in [6.45, 7) is 4.05. The highest BCUT2D eigenvalue weighted by atomic mass is 16.4. The van der Waals surface area contributed by atoms with Gasteiger partial charge in [0.2, 0.25) is 0 Å². The largest absolute Gasteiger partial charge is 0.478 e. The SMILES string of the molecule is CC.O=C(O)C1=CC=C(C(=O)O)NC1. The number of carboxylic acids is 2. The molecule has 0 saturated carbocycles. The number of carbonyl (C=O) groups is 2. The summed E-state index contributed by atoms with van der Waals surface area (Å²) >= 11 is 0. The molecule has 1 aliphatic rings. The average molecular weight is 199 g/mol. The maximum Gasteiger partial charge on any atom is 0.351 e. The Hall–Kier alpha value is -1.78. The fourth-order valence-electron chi connectivity index (χ4n) is 0.786. The minimum absolute atomic E-state index is 0.0139. The molecule has 0 unspecified atom stereocenters. The smallest absolute Gasteiger partial charge is 0.351 e. The number of carboxylic acid groups (broad SMARTS) is 2.